The van der Waals surface area contributed by atoms with Gasteiger partial charge in [0.05, 0.1) is 22.2 Å². The third kappa shape index (κ3) is 5.17. The van der Waals surface area contributed by atoms with E-state index in [-0.39, 0.29) is 30.1 Å². The Morgan fingerprint density at radius 1 is 1.10 bits per heavy atom. The van der Waals surface area contributed by atoms with Crippen molar-refractivity contribution >= 4 is 51.1 Å². The Morgan fingerprint density at radius 3 is 2.59 bits per heavy atom. The number of amides is 2. The molecule has 0 bridgehead atoms. The molecular weight excluding hydrogens is 552 g/mol. The summed E-state index contributed by atoms with van der Waals surface area (Å²) in [5, 5.41) is 8.87. The van der Waals surface area contributed by atoms with Gasteiger partial charge >= 0.3 is 0 Å². The van der Waals surface area contributed by atoms with Crippen LogP contribution in [0.3, 0.4) is 0 Å². The molecule has 0 unspecified atom stereocenters. The first kappa shape index (κ1) is 26.6. The molecule has 200 valence electrons. The van der Waals surface area contributed by atoms with Gasteiger partial charge in [-0.1, -0.05) is 17.7 Å². The van der Waals surface area contributed by atoms with Crippen LogP contribution in [0, 0.1) is 18.6 Å². The zero-order chi connectivity index (χ0) is 27.8. The minimum absolute atomic E-state index is 0.138. The van der Waals surface area contributed by atoms with Gasteiger partial charge in [-0.05, 0) is 73.5 Å². The van der Waals surface area contributed by atoms with Crippen LogP contribution in [-0.4, -0.2) is 37.5 Å². The number of halogens is 3. The number of aromatic nitrogens is 4. The number of carbonyl (C=O) groups is 2. The van der Waals surface area contributed by atoms with Gasteiger partial charge in [-0.25, -0.2) is 13.8 Å². The number of thioether (sulfide) groups is 1. The van der Waals surface area contributed by atoms with Crippen LogP contribution in [0.1, 0.15) is 24.6 Å². The molecule has 39 heavy (non-hydrogen) atoms. The van der Waals surface area contributed by atoms with E-state index in [0.717, 1.165) is 23.9 Å². The number of carbonyl (C=O) groups excluding carboxylic acids is 2. The van der Waals surface area contributed by atoms with E-state index in [1.54, 1.807) is 32.0 Å². The van der Waals surface area contributed by atoms with Gasteiger partial charge in [-0.2, -0.15) is 5.10 Å². The Balaban J connectivity index is 1.34. The molecule has 2 aromatic heterocycles. The van der Waals surface area contributed by atoms with E-state index in [9.17, 15) is 23.2 Å². The Kier molecular flexibility index (Phi) is 7.23. The van der Waals surface area contributed by atoms with Crippen molar-refractivity contribution in [1.82, 2.24) is 25.1 Å². The number of nitrogens with zero attached hydrogens (tertiary/aromatic N) is 3. The first-order valence-corrected chi connectivity index (χ1v) is 12.9. The van der Waals surface area contributed by atoms with Crippen LogP contribution in [0.15, 0.2) is 46.1 Å². The van der Waals surface area contributed by atoms with Gasteiger partial charge in [0.2, 0.25) is 0 Å². The molecule has 2 N–H and O–H groups in total. The van der Waals surface area contributed by atoms with Crippen molar-refractivity contribution in [3.63, 3.8) is 0 Å². The summed E-state index contributed by atoms with van der Waals surface area (Å²) in [6.45, 7) is 3.76. The molecule has 4 aromatic rings. The second kappa shape index (κ2) is 10.6. The van der Waals surface area contributed by atoms with Gasteiger partial charge in [0, 0.05) is 12.1 Å². The number of imide groups is 1. The number of H-pyrrole nitrogens is 1. The number of nitrogens with one attached hydrogen (secondary N) is 2. The highest BCUT2D eigenvalue weighted by Crippen LogP contribution is 2.34. The summed E-state index contributed by atoms with van der Waals surface area (Å²) in [5.41, 5.74) is 2.15. The predicted octanol–water partition coefficient (Wildman–Crippen LogP) is 5.21. The molecule has 0 atom stereocenters. The van der Waals surface area contributed by atoms with Crippen LogP contribution in [0.2, 0.25) is 5.02 Å². The maximum atomic E-state index is 14.0. The standard InChI is InChI=1S/C26H20ClF2N5O4S/c1-12(22-24(35)31-26(37)39-22)14-5-7-19(16(27)10-14)38-9-3-8-34-23(15-4-6-17(28)18(29)11-15)30-20-13(2)32-33-21(20)25(34)36/h4-7,10-11H,3,8-9H2,1-2H3,(H,32,33)(H,31,35,37)/b22-12+. The molecule has 0 radical (unpaired) electrons. The number of allylic oxidation sites excluding steroid dienone is 1. The molecular formula is C26H20ClF2N5O4S. The fourth-order valence-electron chi connectivity index (χ4n) is 4.11. The lowest BCUT2D eigenvalue weighted by Gasteiger charge is -2.14. The molecule has 1 saturated heterocycles. The first-order valence-electron chi connectivity index (χ1n) is 11.7. The topological polar surface area (TPSA) is 119 Å². The van der Waals surface area contributed by atoms with Gasteiger partial charge in [0.1, 0.15) is 17.1 Å². The van der Waals surface area contributed by atoms with Crippen LogP contribution in [0.5, 0.6) is 5.75 Å². The molecule has 0 saturated carbocycles. The monoisotopic (exact) mass is 571 g/mol. The van der Waals surface area contributed by atoms with Crippen molar-refractivity contribution in [3.05, 3.63) is 79.6 Å². The van der Waals surface area contributed by atoms with Crippen molar-refractivity contribution < 1.29 is 23.1 Å². The molecule has 5 rings (SSSR count). The van der Waals surface area contributed by atoms with Crippen molar-refractivity contribution in [2.24, 2.45) is 0 Å². The number of rotatable bonds is 7. The zero-order valence-corrected chi connectivity index (χ0v) is 22.2. The van der Waals surface area contributed by atoms with Crippen LogP contribution in [-0.2, 0) is 11.3 Å². The minimum Gasteiger partial charge on any atom is -0.492 e. The highest BCUT2D eigenvalue weighted by Gasteiger charge is 2.27. The molecule has 0 spiro atoms. The average Bonchev–Trinajstić information content (AvgIpc) is 3.45. The molecule has 1 fully saturated rings. The van der Waals surface area contributed by atoms with E-state index in [0.29, 0.717) is 44.4 Å². The minimum atomic E-state index is -1.05. The zero-order valence-electron chi connectivity index (χ0n) is 20.6. The molecule has 1 aliphatic heterocycles. The van der Waals surface area contributed by atoms with Crippen LogP contribution < -0.4 is 15.6 Å². The highest BCUT2D eigenvalue weighted by molar-refractivity contribution is 8.18. The largest absolute Gasteiger partial charge is 0.492 e. The fraction of sp³-hybridized carbons (Fsp3) is 0.192. The van der Waals surface area contributed by atoms with E-state index < -0.39 is 28.3 Å². The van der Waals surface area contributed by atoms with E-state index in [1.807, 2.05) is 0 Å². The predicted molar refractivity (Wildman–Crippen MR) is 144 cm³/mol. The molecule has 0 aliphatic carbocycles. The first-order chi connectivity index (χ1) is 18.6. The lowest BCUT2D eigenvalue weighted by atomic mass is 10.1. The number of aromatic amines is 1. The fourth-order valence-corrected chi connectivity index (χ4v) is 5.09. The van der Waals surface area contributed by atoms with E-state index >= 15 is 0 Å². The van der Waals surface area contributed by atoms with E-state index in [2.05, 4.69) is 20.5 Å². The Bertz CT molecular complexity index is 1750. The molecule has 13 heteroatoms. The van der Waals surface area contributed by atoms with Gasteiger partial charge < -0.3 is 4.74 Å². The summed E-state index contributed by atoms with van der Waals surface area (Å²) in [5.74, 6) is -1.94. The molecule has 2 aromatic carbocycles. The van der Waals surface area contributed by atoms with Crippen LogP contribution in [0.25, 0.3) is 28.0 Å². The number of hydrogen-bond donors (Lipinski definition) is 2. The van der Waals surface area contributed by atoms with Gasteiger partial charge in [0.25, 0.3) is 16.7 Å². The highest BCUT2D eigenvalue weighted by atomic mass is 35.5. The van der Waals surface area contributed by atoms with Gasteiger partial charge in [-0.15, -0.1) is 0 Å². The van der Waals surface area contributed by atoms with Crippen LogP contribution >= 0.6 is 23.4 Å². The maximum Gasteiger partial charge on any atom is 0.290 e. The van der Waals surface area contributed by atoms with Crippen LogP contribution in [0.4, 0.5) is 13.6 Å². The van der Waals surface area contributed by atoms with Crippen molar-refractivity contribution in [1.29, 1.82) is 0 Å². The summed E-state index contributed by atoms with van der Waals surface area (Å²) in [7, 11) is 0. The molecule has 2 amide bonds. The summed E-state index contributed by atoms with van der Waals surface area (Å²) in [4.78, 5) is 41.5. The number of aryl methyl sites for hydroxylation is 1. The van der Waals surface area contributed by atoms with Gasteiger partial charge in [-0.3, -0.25) is 29.4 Å². The number of hydrogen-bond acceptors (Lipinski definition) is 7. The smallest absolute Gasteiger partial charge is 0.290 e. The third-order valence-electron chi connectivity index (χ3n) is 6.12. The Hall–Kier alpha value is -4.03. The van der Waals surface area contributed by atoms with E-state index in [1.165, 1.54) is 10.6 Å². The summed E-state index contributed by atoms with van der Waals surface area (Å²) in [6.07, 6.45) is 0.354. The second-order valence-electron chi connectivity index (χ2n) is 8.71. The normalized spacial score (nSPS) is 14.7. The number of fused-ring (bicyclic) bond motifs is 1. The lowest BCUT2D eigenvalue weighted by Crippen LogP contribution is -2.24. The summed E-state index contributed by atoms with van der Waals surface area (Å²) >= 11 is 7.23. The Morgan fingerprint density at radius 2 is 1.90 bits per heavy atom. The molecule has 1 aliphatic rings. The average molecular weight is 572 g/mol. The van der Waals surface area contributed by atoms with E-state index in [4.69, 9.17) is 16.3 Å². The van der Waals surface area contributed by atoms with Crippen molar-refractivity contribution in [3.8, 4) is 17.1 Å². The third-order valence-corrected chi connectivity index (χ3v) is 7.40. The summed E-state index contributed by atoms with van der Waals surface area (Å²) in [6, 6.07) is 8.35. The Labute approximate surface area is 229 Å². The molecule has 9 nitrogen and oxygen atoms in total. The molecule has 3 heterocycles. The number of benzene rings is 2. The maximum absolute atomic E-state index is 14.0. The van der Waals surface area contributed by atoms with Gasteiger partial charge in [0.15, 0.2) is 17.2 Å². The second-order valence-corrected chi connectivity index (χ2v) is 10.1. The quantitative estimate of drug-likeness (QED) is 0.231. The number of ether oxygens (including phenoxy) is 1. The van der Waals surface area contributed by atoms with Crippen molar-refractivity contribution in [2.45, 2.75) is 26.8 Å². The van der Waals surface area contributed by atoms with Crippen molar-refractivity contribution in [2.75, 3.05) is 6.61 Å². The lowest BCUT2D eigenvalue weighted by molar-refractivity contribution is -0.115. The summed E-state index contributed by atoms with van der Waals surface area (Å²) < 4.78 is 34.7. The SMILES string of the molecule is C/C(=C1\SC(=O)NC1=O)c1ccc(OCCCn2c(-c3ccc(F)c(F)c3)nc3c(C)[nH]nc3c2=O)c(Cl)c1.